The van der Waals surface area contributed by atoms with Gasteiger partial charge in [-0.3, -0.25) is 14.3 Å². The van der Waals surface area contributed by atoms with Gasteiger partial charge < -0.3 is 15.7 Å². The molecule has 0 aliphatic heterocycles. The molecule has 2 atom stereocenters. The number of nitrogens with zero attached hydrogens (tertiary/aromatic N) is 2. The van der Waals surface area contributed by atoms with Gasteiger partial charge in [-0.2, -0.15) is 18.3 Å². The third-order valence-electron chi connectivity index (χ3n) is 5.91. The van der Waals surface area contributed by atoms with Crippen LogP contribution in [0.2, 0.25) is 0 Å². The summed E-state index contributed by atoms with van der Waals surface area (Å²) in [6.07, 6.45) is -6.36. The number of aliphatic hydroxyl groups excluding tert-OH is 1. The quantitative estimate of drug-likeness (QED) is 0.404. The van der Waals surface area contributed by atoms with Gasteiger partial charge in [0.2, 0.25) is 5.91 Å². The Morgan fingerprint density at radius 2 is 1.51 bits per heavy atom. The fourth-order valence-corrected chi connectivity index (χ4v) is 3.55. The maximum Gasteiger partial charge on any atom is 0.416 e. The Balaban J connectivity index is 1.68. The van der Waals surface area contributed by atoms with Crippen LogP contribution in [-0.4, -0.2) is 32.7 Å². The summed E-state index contributed by atoms with van der Waals surface area (Å²) in [6.45, 7) is 4.77. The van der Waals surface area contributed by atoms with Crippen molar-refractivity contribution in [2.75, 3.05) is 5.32 Å². The molecule has 3 N–H and O–H groups in total. The van der Waals surface area contributed by atoms with Gasteiger partial charge in [-0.25, -0.2) is 8.78 Å². The van der Waals surface area contributed by atoms with Crippen LogP contribution in [0.3, 0.4) is 0 Å². The zero-order valence-corrected chi connectivity index (χ0v) is 20.3. The molecular formula is C25H25F5N4O3. The monoisotopic (exact) mass is 524 g/mol. The Kier molecular flexibility index (Phi) is 7.72. The highest BCUT2D eigenvalue weighted by molar-refractivity contribution is 5.97. The van der Waals surface area contributed by atoms with E-state index in [1.807, 2.05) is 0 Å². The maximum atomic E-state index is 13.7. The molecule has 0 spiro atoms. The Labute approximate surface area is 209 Å². The molecule has 0 unspecified atom stereocenters. The van der Waals surface area contributed by atoms with Crippen molar-refractivity contribution >= 4 is 17.6 Å². The minimum absolute atomic E-state index is 0.0783. The molecule has 0 aliphatic carbocycles. The number of nitrogens with one attached hydrogen (secondary N) is 2. The van der Waals surface area contributed by atoms with Crippen LogP contribution < -0.4 is 10.6 Å². The first-order valence-electron chi connectivity index (χ1n) is 11.1. The molecule has 37 heavy (non-hydrogen) atoms. The van der Waals surface area contributed by atoms with E-state index in [4.69, 9.17) is 0 Å². The minimum atomic E-state index is -4.56. The number of carbonyl (C=O) groups is 2. The van der Waals surface area contributed by atoms with E-state index in [1.165, 1.54) is 29.8 Å². The van der Waals surface area contributed by atoms with Crippen LogP contribution in [-0.2, 0) is 28.2 Å². The van der Waals surface area contributed by atoms with Crippen molar-refractivity contribution in [3.63, 3.8) is 0 Å². The average molecular weight is 524 g/mol. The van der Waals surface area contributed by atoms with E-state index in [0.717, 1.165) is 30.3 Å². The molecule has 0 radical (unpaired) electrons. The number of hydrogen-bond acceptors (Lipinski definition) is 4. The highest BCUT2D eigenvalue weighted by Gasteiger charge is 2.31. The molecule has 0 fully saturated rings. The molecular weight excluding hydrogens is 499 g/mol. The Morgan fingerprint density at radius 1 is 0.946 bits per heavy atom. The van der Waals surface area contributed by atoms with Crippen LogP contribution in [0.5, 0.6) is 0 Å². The Bertz CT molecular complexity index is 1280. The lowest BCUT2D eigenvalue weighted by Gasteiger charge is -2.23. The SMILES string of the molecule is C[C@H](NC(=O)[C@@H](O)c1ccc(C(F)(F)F)cc1)C(=O)Nc1cc(C(C)(C)c2cc(F)cc(F)c2)nn1C. The van der Waals surface area contributed by atoms with Crippen molar-refractivity contribution < 1.29 is 36.6 Å². The van der Waals surface area contributed by atoms with Crippen molar-refractivity contribution in [2.45, 2.75) is 44.5 Å². The standard InChI is InChI=1S/C25H25F5N4O3/c1-13(31-23(37)21(35)14-5-7-15(8-6-14)25(28,29)30)22(36)32-20-12-19(33-34(20)4)24(2,3)16-9-17(26)11-18(27)10-16/h5-13,21,35H,1-4H3,(H,31,37)(H,32,36)/t13-,21-/m0/s1. The fourth-order valence-electron chi connectivity index (χ4n) is 3.55. The van der Waals surface area contributed by atoms with Crippen molar-refractivity contribution in [1.82, 2.24) is 15.1 Å². The lowest BCUT2D eigenvalue weighted by atomic mass is 9.81. The first-order chi connectivity index (χ1) is 17.1. The lowest BCUT2D eigenvalue weighted by Crippen LogP contribution is -2.43. The number of benzene rings is 2. The first kappa shape index (κ1) is 27.8. The normalized spacial score (nSPS) is 13.7. The van der Waals surface area contributed by atoms with Crippen LogP contribution in [0.15, 0.2) is 48.5 Å². The Morgan fingerprint density at radius 3 is 2.05 bits per heavy atom. The van der Waals surface area contributed by atoms with E-state index in [9.17, 15) is 36.6 Å². The largest absolute Gasteiger partial charge is 0.416 e. The Hall–Kier alpha value is -3.80. The average Bonchev–Trinajstić information content (AvgIpc) is 3.18. The maximum absolute atomic E-state index is 13.7. The number of aryl methyl sites for hydroxylation is 1. The van der Waals surface area contributed by atoms with Crippen molar-refractivity contribution in [1.29, 1.82) is 0 Å². The molecule has 3 aromatic rings. The predicted octanol–water partition coefficient (Wildman–Crippen LogP) is 4.22. The van der Waals surface area contributed by atoms with Crippen LogP contribution in [0.25, 0.3) is 0 Å². The van der Waals surface area contributed by atoms with Gasteiger partial charge in [0.15, 0.2) is 6.10 Å². The third-order valence-corrected chi connectivity index (χ3v) is 5.91. The number of anilines is 1. The second kappa shape index (κ2) is 10.3. The number of hydrogen-bond donors (Lipinski definition) is 3. The summed E-state index contributed by atoms with van der Waals surface area (Å²) >= 11 is 0. The molecule has 198 valence electrons. The molecule has 0 saturated carbocycles. The van der Waals surface area contributed by atoms with E-state index in [-0.39, 0.29) is 11.4 Å². The number of aliphatic hydroxyl groups is 1. The van der Waals surface area contributed by atoms with Crippen molar-refractivity contribution in [2.24, 2.45) is 7.05 Å². The highest BCUT2D eigenvalue weighted by atomic mass is 19.4. The molecule has 7 nitrogen and oxygen atoms in total. The topological polar surface area (TPSA) is 96.2 Å². The second-order valence-electron chi connectivity index (χ2n) is 9.06. The number of halogens is 5. The van der Waals surface area contributed by atoms with E-state index < -0.39 is 52.7 Å². The summed E-state index contributed by atoms with van der Waals surface area (Å²) in [4.78, 5) is 25.0. The van der Waals surface area contributed by atoms with Crippen LogP contribution >= 0.6 is 0 Å². The van der Waals surface area contributed by atoms with Crippen molar-refractivity contribution in [3.05, 3.63) is 82.5 Å². The summed E-state index contributed by atoms with van der Waals surface area (Å²) in [5, 5.41) is 19.4. The molecule has 1 heterocycles. The number of alkyl halides is 3. The van der Waals surface area contributed by atoms with Gasteiger partial charge >= 0.3 is 6.18 Å². The van der Waals surface area contributed by atoms with Gasteiger partial charge in [0.1, 0.15) is 23.5 Å². The fraction of sp³-hybridized carbons (Fsp3) is 0.320. The number of amides is 2. The molecule has 2 aromatic carbocycles. The van der Waals surface area contributed by atoms with Gasteiger partial charge in [0.05, 0.1) is 11.3 Å². The van der Waals surface area contributed by atoms with Gasteiger partial charge in [-0.15, -0.1) is 0 Å². The number of carbonyl (C=O) groups excluding carboxylic acids is 2. The van der Waals surface area contributed by atoms with Gasteiger partial charge in [0.25, 0.3) is 5.91 Å². The highest BCUT2D eigenvalue weighted by Crippen LogP contribution is 2.33. The predicted molar refractivity (Wildman–Crippen MR) is 124 cm³/mol. The van der Waals surface area contributed by atoms with Gasteiger partial charge in [-0.05, 0) is 42.3 Å². The summed E-state index contributed by atoms with van der Waals surface area (Å²) in [7, 11) is 1.54. The number of rotatable bonds is 7. The summed E-state index contributed by atoms with van der Waals surface area (Å²) in [6, 6.07) is 6.94. The van der Waals surface area contributed by atoms with E-state index in [0.29, 0.717) is 11.3 Å². The zero-order chi connectivity index (χ0) is 27.7. The summed E-state index contributed by atoms with van der Waals surface area (Å²) in [5.41, 5.74) is -1.19. The van der Waals surface area contributed by atoms with E-state index >= 15 is 0 Å². The molecule has 2 amide bonds. The van der Waals surface area contributed by atoms with Crippen LogP contribution in [0.1, 0.15) is 49.3 Å². The molecule has 0 bridgehead atoms. The minimum Gasteiger partial charge on any atom is -0.378 e. The van der Waals surface area contributed by atoms with E-state index in [2.05, 4.69) is 15.7 Å². The summed E-state index contributed by atoms with van der Waals surface area (Å²) < 4.78 is 66.9. The molecule has 12 heteroatoms. The first-order valence-corrected chi connectivity index (χ1v) is 11.1. The number of aromatic nitrogens is 2. The van der Waals surface area contributed by atoms with Crippen molar-refractivity contribution in [3.8, 4) is 0 Å². The molecule has 0 saturated heterocycles. The smallest absolute Gasteiger partial charge is 0.378 e. The van der Waals surface area contributed by atoms with Gasteiger partial charge in [0, 0.05) is 24.6 Å². The third kappa shape index (κ3) is 6.31. The van der Waals surface area contributed by atoms with Crippen LogP contribution in [0, 0.1) is 11.6 Å². The lowest BCUT2D eigenvalue weighted by molar-refractivity contribution is -0.137. The molecule has 3 rings (SSSR count). The molecule has 1 aromatic heterocycles. The van der Waals surface area contributed by atoms with Gasteiger partial charge in [-0.1, -0.05) is 26.0 Å². The van der Waals surface area contributed by atoms with Crippen LogP contribution in [0.4, 0.5) is 27.8 Å². The molecule has 0 aliphatic rings. The zero-order valence-electron chi connectivity index (χ0n) is 20.3. The van der Waals surface area contributed by atoms with E-state index in [1.54, 1.807) is 20.9 Å². The second-order valence-corrected chi connectivity index (χ2v) is 9.06. The summed E-state index contributed by atoms with van der Waals surface area (Å²) in [5.74, 6) is -2.90.